The van der Waals surface area contributed by atoms with Crippen LogP contribution in [0.5, 0.6) is 0 Å². The Morgan fingerprint density at radius 2 is 2.15 bits per heavy atom. The minimum absolute atomic E-state index is 0.340. The normalized spacial score (nSPS) is 10.4. The van der Waals surface area contributed by atoms with Crippen LogP contribution in [0.1, 0.15) is 11.1 Å². The summed E-state index contributed by atoms with van der Waals surface area (Å²) in [5.74, 6) is 0. The Kier molecular flexibility index (Phi) is 2.77. The van der Waals surface area contributed by atoms with E-state index in [1.807, 2.05) is 25.1 Å². The third-order valence-corrected chi connectivity index (χ3v) is 3.04. The molecule has 98 valence electrons. The van der Waals surface area contributed by atoms with Crippen molar-refractivity contribution in [1.29, 1.82) is 5.26 Å². The molecule has 5 heteroatoms. The summed E-state index contributed by atoms with van der Waals surface area (Å²) >= 11 is 0. The van der Waals surface area contributed by atoms with Gasteiger partial charge in [0.05, 0.1) is 11.3 Å². The van der Waals surface area contributed by atoms with Gasteiger partial charge in [0.15, 0.2) is 5.58 Å². The van der Waals surface area contributed by atoms with Gasteiger partial charge in [-0.15, -0.1) is 0 Å². The quantitative estimate of drug-likeness (QED) is 0.693. The van der Waals surface area contributed by atoms with Crippen LogP contribution in [-0.4, -0.2) is 4.98 Å². The molecule has 5 nitrogen and oxygen atoms in total. The van der Waals surface area contributed by atoms with Crippen LogP contribution in [0.15, 0.2) is 40.8 Å². The van der Waals surface area contributed by atoms with Crippen molar-refractivity contribution in [2.75, 3.05) is 11.1 Å². The first-order chi connectivity index (χ1) is 9.67. The van der Waals surface area contributed by atoms with Crippen LogP contribution >= 0.6 is 0 Å². The van der Waals surface area contributed by atoms with Gasteiger partial charge in [0.25, 0.3) is 6.01 Å². The van der Waals surface area contributed by atoms with Crippen LogP contribution < -0.4 is 11.1 Å². The molecular formula is C15H12N4O. The van der Waals surface area contributed by atoms with Crippen molar-refractivity contribution < 1.29 is 4.42 Å². The molecule has 0 radical (unpaired) electrons. The number of fused-ring (bicyclic) bond motifs is 1. The number of aromatic nitrogens is 1. The minimum atomic E-state index is 0.340. The molecule has 0 unspecified atom stereocenters. The molecule has 0 spiro atoms. The van der Waals surface area contributed by atoms with Crippen molar-refractivity contribution in [3.8, 4) is 6.07 Å². The van der Waals surface area contributed by atoms with Crippen molar-refractivity contribution >= 4 is 28.5 Å². The van der Waals surface area contributed by atoms with E-state index in [0.29, 0.717) is 34.1 Å². The number of nitrogens with one attached hydrogen (secondary N) is 1. The highest BCUT2D eigenvalue weighted by molar-refractivity contribution is 5.79. The largest absolute Gasteiger partial charge is 0.423 e. The molecule has 0 amide bonds. The zero-order chi connectivity index (χ0) is 14.1. The van der Waals surface area contributed by atoms with Crippen LogP contribution in [0.2, 0.25) is 0 Å². The van der Waals surface area contributed by atoms with Gasteiger partial charge in [-0.25, -0.2) is 0 Å². The Balaban J connectivity index is 2.02. The zero-order valence-corrected chi connectivity index (χ0v) is 10.8. The molecule has 0 bridgehead atoms. The van der Waals surface area contributed by atoms with Crippen LogP contribution in [0.4, 0.5) is 17.4 Å². The van der Waals surface area contributed by atoms with Crippen LogP contribution in [0.3, 0.4) is 0 Å². The third kappa shape index (κ3) is 2.04. The molecule has 0 aliphatic rings. The van der Waals surface area contributed by atoms with Gasteiger partial charge in [0.2, 0.25) is 0 Å². The summed E-state index contributed by atoms with van der Waals surface area (Å²) in [6, 6.07) is 13.4. The SMILES string of the molecule is Cc1cccc(Nc2nc3cc(N)ccc3o2)c1C#N. The monoisotopic (exact) mass is 264 g/mol. The number of aryl methyl sites for hydroxylation is 1. The van der Waals surface area contributed by atoms with E-state index in [2.05, 4.69) is 16.4 Å². The van der Waals surface area contributed by atoms with Gasteiger partial charge in [-0.05, 0) is 36.8 Å². The Morgan fingerprint density at radius 3 is 2.95 bits per heavy atom. The van der Waals surface area contributed by atoms with Crippen molar-refractivity contribution in [1.82, 2.24) is 4.98 Å². The Hall–Kier alpha value is -3.00. The van der Waals surface area contributed by atoms with E-state index < -0.39 is 0 Å². The summed E-state index contributed by atoms with van der Waals surface area (Å²) in [5.41, 5.74) is 9.81. The molecule has 20 heavy (non-hydrogen) atoms. The maximum atomic E-state index is 9.20. The fourth-order valence-corrected chi connectivity index (χ4v) is 2.03. The number of nitriles is 1. The minimum Gasteiger partial charge on any atom is -0.423 e. The van der Waals surface area contributed by atoms with E-state index in [0.717, 1.165) is 5.56 Å². The number of nitrogens with zero attached hydrogens (tertiary/aromatic N) is 2. The molecule has 0 saturated heterocycles. The summed E-state index contributed by atoms with van der Waals surface area (Å²) in [6.45, 7) is 1.89. The molecule has 3 N–H and O–H groups in total. The van der Waals surface area contributed by atoms with E-state index in [4.69, 9.17) is 10.2 Å². The number of nitrogens with two attached hydrogens (primary N) is 1. The predicted molar refractivity (Wildman–Crippen MR) is 77.6 cm³/mol. The van der Waals surface area contributed by atoms with Crippen molar-refractivity contribution in [2.24, 2.45) is 0 Å². The average Bonchev–Trinajstić information content (AvgIpc) is 2.80. The van der Waals surface area contributed by atoms with E-state index >= 15 is 0 Å². The van der Waals surface area contributed by atoms with Crippen molar-refractivity contribution in [2.45, 2.75) is 6.92 Å². The molecular weight excluding hydrogens is 252 g/mol. The lowest BCUT2D eigenvalue weighted by Crippen LogP contribution is -1.95. The molecule has 0 saturated carbocycles. The standard InChI is InChI=1S/C15H12N4O/c1-9-3-2-4-12(11(9)8-16)18-15-19-13-7-10(17)5-6-14(13)20-15/h2-7H,17H2,1H3,(H,18,19). The first-order valence-corrected chi connectivity index (χ1v) is 6.10. The molecule has 3 rings (SSSR count). The van der Waals surface area contributed by atoms with Crippen molar-refractivity contribution in [3.63, 3.8) is 0 Å². The highest BCUT2D eigenvalue weighted by atomic mass is 16.4. The third-order valence-electron chi connectivity index (χ3n) is 3.04. The smallest absolute Gasteiger partial charge is 0.300 e. The first-order valence-electron chi connectivity index (χ1n) is 6.10. The lowest BCUT2D eigenvalue weighted by Gasteiger charge is -2.05. The number of hydrogen-bond acceptors (Lipinski definition) is 5. The molecule has 1 aromatic heterocycles. The van der Waals surface area contributed by atoms with Gasteiger partial charge in [0, 0.05) is 5.69 Å². The number of benzene rings is 2. The summed E-state index contributed by atoms with van der Waals surface area (Å²) in [5, 5.41) is 12.2. The molecule has 0 aliphatic heterocycles. The average molecular weight is 264 g/mol. The summed E-state index contributed by atoms with van der Waals surface area (Å²) in [4.78, 5) is 4.31. The lowest BCUT2D eigenvalue weighted by molar-refractivity contribution is 0.623. The zero-order valence-electron chi connectivity index (χ0n) is 10.8. The summed E-state index contributed by atoms with van der Waals surface area (Å²) in [7, 11) is 0. The van der Waals surface area contributed by atoms with E-state index in [-0.39, 0.29) is 0 Å². The second-order valence-corrected chi connectivity index (χ2v) is 4.48. The molecule has 2 aromatic carbocycles. The Morgan fingerprint density at radius 1 is 1.30 bits per heavy atom. The molecule has 0 aliphatic carbocycles. The van der Waals surface area contributed by atoms with Gasteiger partial charge in [-0.1, -0.05) is 12.1 Å². The van der Waals surface area contributed by atoms with E-state index in [9.17, 15) is 5.26 Å². The van der Waals surface area contributed by atoms with Gasteiger partial charge in [-0.2, -0.15) is 10.2 Å². The number of nitrogen functional groups attached to an aromatic ring is 1. The Labute approximate surface area is 115 Å². The van der Waals surface area contributed by atoms with Gasteiger partial charge < -0.3 is 15.5 Å². The topological polar surface area (TPSA) is 87.9 Å². The molecule has 0 fully saturated rings. The fraction of sp³-hybridized carbons (Fsp3) is 0.0667. The van der Waals surface area contributed by atoms with Crippen LogP contribution in [-0.2, 0) is 0 Å². The molecule has 0 atom stereocenters. The number of hydrogen-bond donors (Lipinski definition) is 2. The number of anilines is 3. The maximum Gasteiger partial charge on any atom is 0.300 e. The van der Waals surface area contributed by atoms with Crippen molar-refractivity contribution in [3.05, 3.63) is 47.5 Å². The van der Waals surface area contributed by atoms with Crippen LogP contribution in [0, 0.1) is 18.3 Å². The van der Waals surface area contributed by atoms with E-state index in [1.54, 1.807) is 18.2 Å². The number of oxazole rings is 1. The van der Waals surface area contributed by atoms with Gasteiger partial charge >= 0.3 is 0 Å². The second-order valence-electron chi connectivity index (χ2n) is 4.48. The number of rotatable bonds is 2. The Bertz CT molecular complexity index is 829. The summed E-state index contributed by atoms with van der Waals surface area (Å²) < 4.78 is 5.58. The van der Waals surface area contributed by atoms with Crippen LogP contribution in [0.25, 0.3) is 11.1 Å². The second kappa shape index (κ2) is 4.59. The maximum absolute atomic E-state index is 9.20. The highest BCUT2D eigenvalue weighted by Crippen LogP contribution is 2.26. The van der Waals surface area contributed by atoms with Gasteiger partial charge in [0.1, 0.15) is 11.6 Å². The van der Waals surface area contributed by atoms with E-state index in [1.165, 1.54) is 0 Å². The summed E-state index contributed by atoms with van der Waals surface area (Å²) in [6.07, 6.45) is 0. The fourth-order valence-electron chi connectivity index (χ4n) is 2.03. The lowest BCUT2D eigenvalue weighted by atomic mass is 10.1. The molecule has 1 heterocycles. The molecule has 3 aromatic rings. The highest BCUT2D eigenvalue weighted by Gasteiger charge is 2.10. The van der Waals surface area contributed by atoms with Gasteiger partial charge in [-0.3, -0.25) is 0 Å². The predicted octanol–water partition coefficient (Wildman–Crippen LogP) is 3.33. The first kappa shape index (κ1) is 12.1.